The molecular weight excluding hydrogens is 340 g/mol. The number of hydrogen-bond donors (Lipinski definition) is 2. The summed E-state index contributed by atoms with van der Waals surface area (Å²) < 4.78 is 1.57. The Balaban J connectivity index is 2.59. The van der Waals surface area contributed by atoms with E-state index in [-0.39, 0.29) is 5.56 Å². The Labute approximate surface area is 108 Å². The van der Waals surface area contributed by atoms with Crippen LogP contribution in [0.15, 0.2) is 33.6 Å². The van der Waals surface area contributed by atoms with Gasteiger partial charge in [-0.2, -0.15) is 0 Å². The van der Waals surface area contributed by atoms with E-state index in [0.717, 1.165) is 8.95 Å². The van der Waals surface area contributed by atoms with Gasteiger partial charge in [-0.05, 0) is 37.9 Å². The number of H-pyrrole nitrogens is 1. The van der Waals surface area contributed by atoms with Crippen molar-refractivity contribution < 1.29 is 9.90 Å². The van der Waals surface area contributed by atoms with E-state index in [1.807, 2.05) is 6.07 Å². The molecule has 2 aromatic heterocycles. The van der Waals surface area contributed by atoms with Gasteiger partial charge >= 0.3 is 5.97 Å². The Morgan fingerprint density at radius 3 is 2.75 bits per heavy atom. The van der Waals surface area contributed by atoms with E-state index < -0.39 is 5.97 Å². The van der Waals surface area contributed by atoms with Crippen LogP contribution in [0.4, 0.5) is 0 Å². The van der Waals surface area contributed by atoms with Gasteiger partial charge in [0.25, 0.3) is 0 Å². The number of rotatable bonds is 2. The average molecular weight is 346 g/mol. The maximum absolute atomic E-state index is 11.0. The molecule has 0 spiro atoms. The molecule has 0 saturated carbocycles. The van der Waals surface area contributed by atoms with Gasteiger partial charge < -0.3 is 10.1 Å². The molecule has 0 radical (unpaired) electrons. The first kappa shape index (κ1) is 11.3. The molecule has 0 aliphatic heterocycles. The highest BCUT2D eigenvalue weighted by molar-refractivity contribution is 9.11. The van der Waals surface area contributed by atoms with Crippen molar-refractivity contribution >= 4 is 37.8 Å². The predicted molar refractivity (Wildman–Crippen MR) is 66.4 cm³/mol. The number of halogens is 2. The van der Waals surface area contributed by atoms with Crippen LogP contribution in [0.2, 0.25) is 0 Å². The predicted octanol–water partition coefficient (Wildman–Crippen LogP) is 3.30. The van der Waals surface area contributed by atoms with Crippen LogP contribution in [0, 0.1) is 0 Å². The summed E-state index contributed by atoms with van der Waals surface area (Å²) in [5.74, 6) is -0.979. The van der Waals surface area contributed by atoms with Crippen LogP contribution < -0.4 is 0 Å². The van der Waals surface area contributed by atoms with Crippen LogP contribution >= 0.6 is 31.9 Å². The maximum Gasteiger partial charge on any atom is 0.337 e. The van der Waals surface area contributed by atoms with Crippen LogP contribution in [0.25, 0.3) is 11.3 Å². The molecule has 0 bridgehead atoms. The summed E-state index contributed by atoms with van der Waals surface area (Å²) in [5.41, 5.74) is 1.37. The molecule has 82 valence electrons. The number of nitrogens with one attached hydrogen (secondary N) is 1. The molecule has 4 nitrogen and oxygen atoms in total. The second-order valence-corrected chi connectivity index (χ2v) is 4.84. The first-order valence-corrected chi connectivity index (χ1v) is 5.89. The number of carbonyl (C=O) groups is 1. The second kappa shape index (κ2) is 4.39. The SMILES string of the molecule is O=C(O)c1c[nH]cc1-c1ncc(Br)cc1Br. The molecular formula is C10H6Br2N2O2. The maximum atomic E-state index is 11.0. The van der Waals surface area contributed by atoms with Crippen molar-refractivity contribution in [2.75, 3.05) is 0 Å². The van der Waals surface area contributed by atoms with Crippen molar-refractivity contribution in [3.05, 3.63) is 39.2 Å². The third kappa shape index (κ3) is 2.03. The summed E-state index contributed by atoms with van der Waals surface area (Å²) in [5, 5.41) is 8.99. The minimum atomic E-state index is -0.979. The lowest BCUT2D eigenvalue weighted by atomic mass is 10.1. The van der Waals surface area contributed by atoms with Gasteiger partial charge in [-0.15, -0.1) is 0 Å². The van der Waals surface area contributed by atoms with Crippen molar-refractivity contribution in [3.8, 4) is 11.3 Å². The second-order valence-electron chi connectivity index (χ2n) is 3.07. The number of carboxylic acid groups (broad SMARTS) is 1. The molecule has 16 heavy (non-hydrogen) atoms. The minimum Gasteiger partial charge on any atom is -0.478 e. The van der Waals surface area contributed by atoms with E-state index in [0.29, 0.717) is 11.3 Å². The summed E-state index contributed by atoms with van der Waals surface area (Å²) in [6.45, 7) is 0. The van der Waals surface area contributed by atoms with E-state index in [1.54, 1.807) is 12.4 Å². The fourth-order valence-electron chi connectivity index (χ4n) is 1.35. The number of aromatic carboxylic acids is 1. The van der Waals surface area contributed by atoms with Gasteiger partial charge in [0.1, 0.15) is 0 Å². The molecule has 0 fully saturated rings. The summed E-state index contributed by atoms with van der Waals surface area (Å²) in [6, 6.07) is 1.82. The highest BCUT2D eigenvalue weighted by atomic mass is 79.9. The van der Waals surface area contributed by atoms with Crippen molar-refractivity contribution in [1.29, 1.82) is 0 Å². The van der Waals surface area contributed by atoms with Crippen LogP contribution in [-0.2, 0) is 0 Å². The third-order valence-electron chi connectivity index (χ3n) is 2.04. The zero-order valence-electron chi connectivity index (χ0n) is 7.87. The van der Waals surface area contributed by atoms with Crippen LogP contribution in [0.3, 0.4) is 0 Å². The van der Waals surface area contributed by atoms with Gasteiger partial charge in [0, 0.05) is 33.1 Å². The van der Waals surface area contributed by atoms with Gasteiger partial charge in [0.05, 0.1) is 11.3 Å². The van der Waals surface area contributed by atoms with Gasteiger partial charge in [0.2, 0.25) is 0 Å². The first-order chi connectivity index (χ1) is 7.59. The number of carboxylic acids is 1. The van der Waals surface area contributed by atoms with Crippen molar-refractivity contribution in [2.45, 2.75) is 0 Å². The highest BCUT2D eigenvalue weighted by Gasteiger charge is 2.15. The summed E-state index contributed by atoms with van der Waals surface area (Å²) in [6.07, 6.45) is 4.68. The van der Waals surface area contributed by atoms with Gasteiger partial charge in [-0.3, -0.25) is 4.98 Å². The van der Waals surface area contributed by atoms with Crippen LogP contribution in [-0.4, -0.2) is 21.0 Å². The molecule has 0 aromatic carbocycles. The molecule has 2 N–H and O–H groups in total. The third-order valence-corrected chi connectivity index (χ3v) is 3.08. The lowest BCUT2D eigenvalue weighted by Crippen LogP contribution is -1.97. The number of aromatic amines is 1. The monoisotopic (exact) mass is 344 g/mol. The molecule has 0 amide bonds. The first-order valence-electron chi connectivity index (χ1n) is 4.31. The van der Waals surface area contributed by atoms with E-state index >= 15 is 0 Å². The van der Waals surface area contributed by atoms with E-state index in [1.165, 1.54) is 6.20 Å². The minimum absolute atomic E-state index is 0.204. The molecule has 6 heteroatoms. The number of nitrogens with zero attached hydrogens (tertiary/aromatic N) is 1. The zero-order valence-corrected chi connectivity index (χ0v) is 11.0. The Bertz CT molecular complexity index is 552. The summed E-state index contributed by atoms with van der Waals surface area (Å²) in [4.78, 5) is 17.9. The molecule has 0 aliphatic carbocycles. The summed E-state index contributed by atoms with van der Waals surface area (Å²) in [7, 11) is 0. The quantitative estimate of drug-likeness (QED) is 0.877. The van der Waals surface area contributed by atoms with Crippen molar-refractivity contribution in [1.82, 2.24) is 9.97 Å². The topological polar surface area (TPSA) is 66.0 Å². The molecule has 0 saturated heterocycles. The smallest absolute Gasteiger partial charge is 0.337 e. The van der Waals surface area contributed by atoms with Gasteiger partial charge in [-0.25, -0.2) is 4.79 Å². The largest absolute Gasteiger partial charge is 0.478 e. The summed E-state index contributed by atoms with van der Waals surface area (Å²) >= 11 is 6.64. The lowest BCUT2D eigenvalue weighted by molar-refractivity contribution is 0.0698. The Hall–Kier alpha value is -1.14. The molecule has 2 rings (SSSR count). The van der Waals surface area contributed by atoms with E-state index in [4.69, 9.17) is 5.11 Å². The number of hydrogen-bond acceptors (Lipinski definition) is 2. The Morgan fingerprint density at radius 1 is 1.38 bits per heavy atom. The highest BCUT2D eigenvalue weighted by Crippen LogP contribution is 2.30. The van der Waals surface area contributed by atoms with Gasteiger partial charge in [-0.1, -0.05) is 0 Å². The van der Waals surface area contributed by atoms with Gasteiger partial charge in [0.15, 0.2) is 0 Å². The zero-order chi connectivity index (χ0) is 11.7. The standard InChI is InChI=1S/C10H6Br2N2O2/c11-5-1-8(12)9(14-2-5)6-3-13-4-7(6)10(15)16/h1-4,13H,(H,15,16). The van der Waals surface area contributed by atoms with E-state index in [9.17, 15) is 4.79 Å². The molecule has 0 atom stereocenters. The Morgan fingerprint density at radius 2 is 2.12 bits per heavy atom. The van der Waals surface area contributed by atoms with Crippen LogP contribution in [0.1, 0.15) is 10.4 Å². The molecule has 2 heterocycles. The van der Waals surface area contributed by atoms with E-state index in [2.05, 4.69) is 41.8 Å². The Kier molecular flexibility index (Phi) is 3.11. The fraction of sp³-hybridized carbons (Fsp3) is 0. The number of aromatic nitrogens is 2. The van der Waals surface area contributed by atoms with Crippen molar-refractivity contribution in [2.24, 2.45) is 0 Å². The molecule has 0 unspecified atom stereocenters. The fourth-order valence-corrected chi connectivity index (χ4v) is 2.55. The average Bonchev–Trinajstić information content (AvgIpc) is 2.66. The lowest BCUT2D eigenvalue weighted by Gasteiger charge is -2.03. The number of pyridine rings is 1. The normalized spacial score (nSPS) is 10.4. The van der Waals surface area contributed by atoms with Crippen molar-refractivity contribution in [3.63, 3.8) is 0 Å². The molecule has 0 aliphatic rings. The van der Waals surface area contributed by atoms with Crippen LogP contribution in [0.5, 0.6) is 0 Å². The molecule has 2 aromatic rings.